The van der Waals surface area contributed by atoms with Crippen LogP contribution in [-0.2, 0) is 0 Å². The summed E-state index contributed by atoms with van der Waals surface area (Å²) in [6, 6.07) is 10.7. The molecule has 0 aromatic heterocycles. The van der Waals surface area contributed by atoms with Crippen molar-refractivity contribution < 1.29 is 0 Å². The van der Waals surface area contributed by atoms with Gasteiger partial charge in [0.1, 0.15) is 0 Å². The van der Waals surface area contributed by atoms with Gasteiger partial charge in [0.05, 0.1) is 0 Å². The highest BCUT2D eigenvalue weighted by molar-refractivity contribution is 5.45. The maximum Gasteiger partial charge on any atom is 0.0363 e. The van der Waals surface area contributed by atoms with Gasteiger partial charge in [-0.25, -0.2) is 0 Å². The Bertz CT molecular complexity index is 380. The van der Waals surface area contributed by atoms with Crippen molar-refractivity contribution in [1.82, 2.24) is 5.32 Å². The Kier molecular flexibility index (Phi) is 6.07. The Labute approximate surface area is 125 Å². The molecule has 1 unspecified atom stereocenters. The minimum absolute atomic E-state index is 0.181. The number of hydrogen-bond donors (Lipinski definition) is 1. The van der Waals surface area contributed by atoms with Crippen LogP contribution in [0.25, 0.3) is 0 Å². The van der Waals surface area contributed by atoms with E-state index in [4.69, 9.17) is 0 Å². The van der Waals surface area contributed by atoms with Crippen LogP contribution in [0.1, 0.15) is 47.5 Å². The fraction of sp³-hybridized carbons (Fsp3) is 0.667. The summed E-state index contributed by atoms with van der Waals surface area (Å²) >= 11 is 0. The molecule has 20 heavy (non-hydrogen) atoms. The molecule has 0 amide bonds. The first-order chi connectivity index (χ1) is 9.26. The molecule has 0 bridgehead atoms. The molecule has 0 saturated carbocycles. The van der Waals surface area contributed by atoms with Gasteiger partial charge in [0, 0.05) is 31.4 Å². The van der Waals surface area contributed by atoms with E-state index in [-0.39, 0.29) is 5.54 Å². The molecule has 1 rings (SSSR count). The summed E-state index contributed by atoms with van der Waals surface area (Å²) < 4.78 is 0. The number of anilines is 1. The second kappa shape index (κ2) is 7.12. The zero-order chi connectivity index (χ0) is 15.2. The predicted octanol–water partition coefficient (Wildman–Crippen LogP) is 4.32. The van der Waals surface area contributed by atoms with E-state index in [1.54, 1.807) is 0 Å². The number of rotatable bonds is 7. The average molecular weight is 276 g/mol. The zero-order valence-corrected chi connectivity index (χ0v) is 14.2. The van der Waals surface area contributed by atoms with E-state index in [1.807, 2.05) is 0 Å². The highest BCUT2D eigenvalue weighted by Crippen LogP contribution is 2.26. The fourth-order valence-electron chi connectivity index (χ4n) is 2.65. The van der Waals surface area contributed by atoms with Crippen molar-refractivity contribution in [2.75, 3.05) is 25.0 Å². The number of nitrogens with zero attached hydrogens (tertiary/aromatic N) is 1. The normalized spacial score (nSPS) is 14.9. The van der Waals surface area contributed by atoms with Gasteiger partial charge in [-0.15, -0.1) is 0 Å². The highest BCUT2D eigenvalue weighted by atomic mass is 15.1. The first-order valence-corrected chi connectivity index (χ1v) is 7.77. The first-order valence-electron chi connectivity index (χ1n) is 7.77. The minimum Gasteiger partial charge on any atom is -0.374 e. The third kappa shape index (κ3) is 5.96. The van der Waals surface area contributed by atoms with E-state index >= 15 is 0 Å². The molecular formula is C18H32N2. The van der Waals surface area contributed by atoms with Gasteiger partial charge in [0.15, 0.2) is 0 Å². The van der Waals surface area contributed by atoms with Crippen LogP contribution in [0.2, 0.25) is 0 Å². The van der Waals surface area contributed by atoms with Crippen LogP contribution >= 0.6 is 0 Å². The van der Waals surface area contributed by atoms with E-state index < -0.39 is 0 Å². The van der Waals surface area contributed by atoms with E-state index in [0.717, 1.165) is 13.1 Å². The summed E-state index contributed by atoms with van der Waals surface area (Å²) in [6.45, 7) is 13.5. The van der Waals surface area contributed by atoms with Gasteiger partial charge >= 0.3 is 0 Å². The van der Waals surface area contributed by atoms with E-state index in [1.165, 1.54) is 18.5 Å². The molecule has 2 nitrogen and oxygen atoms in total. The van der Waals surface area contributed by atoms with Crippen molar-refractivity contribution in [2.45, 2.75) is 53.0 Å². The Morgan fingerprint density at radius 2 is 1.65 bits per heavy atom. The van der Waals surface area contributed by atoms with Gasteiger partial charge < -0.3 is 10.2 Å². The van der Waals surface area contributed by atoms with Gasteiger partial charge in [-0.2, -0.15) is 0 Å². The van der Waals surface area contributed by atoms with Crippen molar-refractivity contribution in [2.24, 2.45) is 5.41 Å². The second-order valence-electron chi connectivity index (χ2n) is 7.36. The minimum atomic E-state index is 0.181. The number of para-hydroxylation sites is 1. The Balaban J connectivity index is 2.70. The van der Waals surface area contributed by atoms with Crippen LogP contribution in [0.3, 0.4) is 0 Å². The van der Waals surface area contributed by atoms with Gasteiger partial charge in [0.25, 0.3) is 0 Å². The molecule has 0 aliphatic rings. The number of hydrogen-bond acceptors (Lipinski definition) is 2. The molecule has 2 heteroatoms. The molecule has 0 saturated heterocycles. The maximum absolute atomic E-state index is 3.68. The third-order valence-electron chi connectivity index (χ3n) is 3.71. The lowest BCUT2D eigenvalue weighted by Crippen LogP contribution is -2.47. The number of nitrogens with one attached hydrogen (secondary N) is 1. The van der Waals surface area contributed by atoms with Crippen molar-refractivity contribution in [3.8, 4) is 0 Å². The lowest BCUT2D eigenvalue weighted by molar-refractivity contribution is 0.251. The fourth-order valence-corrected chi connectivity index (χ4v) is 2.65. The topological polar surface area (TPSA) is 15.3 Å². The van der Waals surface area contributed by atoms with Gasteiger partial charge in [-0.1, -0.05) is 38.5 Å². The lowest BCUT2D eigenvalue weighted by atomic mass is 9.84. The molecule has 0 aliphatic carbocycles. The van der Waals surface area contributed by atoms with Crippen molar-refractivity contribution >= 4 is 5.69 Å². The van der Waals surface area contributed by atoms with Gasteiger partial charge in [-0.05, 0) is 44.7 Å². The largest absolute Gasteiger partial charge is 0.374 e. The van der Waals surface area contributed by atoms with Crippen molar-refractivity contribution in [3.05, 3.63) is 30.3 Å². The standard InChI is InChI=1S/C18H32N2/c1-7-13-18(5,14-19-17(2,3)4)15-20(6)16-11-9-8-10-12-16/h8-12,19H,7,13-15H2,1-6H3. The van der Waals surface area contributed by atoms with Crippen LogP contribution < -0.4 is 10.2 Å². The SMILES string of the molecule is CCCC(C)(CNC(C)(C)C)CN(C)c1ccccc1. The molecule has 114 valence electrons. The third-order valence-corrected chi connectivity index (χ3v) is 3.71. The summed E-state index contributed by atoms with van der Waals surface area (Å²) in [5.74, 6) is 0. The lowest BCUT2D eigenvalue weighted by Gasteiger charge is -2.37. The van der Waals surface area contributed by atoms with Crippen LogP contribution in [0.15, 0.2) is 30.3 Å². The highest BCUT2D eigenvalue weighted by Gasteiger charge is 2.27. The monoisotopic (exact) mass is 276 g/mol. The summed E-state index contributed by atoms with van der Waals surface area (Å²) in [5.41, 5.74) is 1.78. The Morgan fingerprint density at radius 3 is 2.15 bits per heavy atom. The van der Waals surface area contributed by atoms with Crippen LogP contribution in [0, 0.1) is 5.41 Å². The summed E-state index contributed by atoms with van der Waals surface area (Å²) in [6.07, 6.45) is 2.47. The molecule has 1 N–H and O–H groups in total. The quantitative estimate of drug-likeness (QED) is 0.798. The van der Waals surface area contributed by atoms with Crippen LogP contribution in [-0.4, -0.2) is 25.7 Å². The molecule has 0 heterocycles. The first kappa shape index (κ1) is 17.0. The number of benzene rings is 1. The molecule has 0 aliphatic heterocycles. The summed E-state index contributed by atoms with van der Waals surface area (Å²) in [4.78, 5) is 2.38. The zero-order valence-electron chi connectivity index (χ0n) is 14.2. The summed E-state index contributed by atoms with van der Waals surface area (Å²) in [5, 5.41) is 3.68. The Morgan fingerprint density at radius 1 is 1.05 bits per heavy atom. The van der Waals surface area contributed by atoms with E-state index in [2.05, 4.69) is 82.2 Å². The molecule has 0 spiro atoms. The predicted molar refractivity (Wildman–Crippen MR) is 90.5 cm³/mol. The van der Waals surface area contributed by atoms with Gasteiger partial charge in [0.2, 0.25) is 0 Å². The smallest absolute Gasteiger partial charge is 0.0363 e. The van der Waals surface area contributed by atoms with Crippen molar-refractivity contribution in [1.29, 1.82) is 0 Å². The molecule has 0 radical (unpaired) electrons. The molecule has 0 fully saturated rings. The average Bonchev–Trinajstić information content (AvgIpc) is 2.37. The van der Waals surface area contributed by atoms with E-state index in [0.29, 0.717) is 5.41 Å². The molecule has 1 aromatic carbocycles. The molecule has 1 aromatic rings. The second-order valence-corrected chi connectivity index (χ2v) is 7.36. The maximum atomic E-state index is 3.68. The van der Waals surface area contributed by atoms with Crippen LogP contribution in [0.4, 0.5) is 5.69 Å². The molecular weight excluding hydrogens is 244 g/mol. The van der Waals surface area contributed by atoms with Gasteiger partial charge in [-0.3, -0.25) is 0 Å². The van der Waals surface area contributed by atoms with E-state index in [9.17, 15) is 0 Å². The van der Waals surface area contributed by atoms with Crippen molar-refractivity contribution in [3.63, 3.8) is 0 Å². The Hall–Kier alpha value is -1.02. The summed E-state index contributed by atoms with van der Waals surface area (Å²) in [7, 11) is 2.19. The van der Waals surface area contributed by atoms with Crippen LogP contribution in [0.5, 0.6) is 0 Å². The molecule has 1 atom stereocenters.